The number of aldehydes is 1. The van der Waals surface area contributed by atoms with Gasteiger partial charge in [0.15, 0.2) is 6.29 Å². The lowest BCUT2D eigenvalue weighted by Crippen LogP contribution is -2.14. The molecule has 0 saturated heterocycles. The first-order valence-corrected chi connectivity index (χ1v) is 6.79. The zero-order valence-electron chi connectivity index (χ0n) is 12.5. The van der Waals surface area contributed by atoms with Gasteiger partial charge < -0.3 is 4.74 Å². The summed E-state index contributed by atoms with van der Waals surface area (Å²) >= 11 is 0. The van der Waals surface area contributed by atoms with Crippen molar-refractivity contribution in [3.05, 3.63) is 65.2 Å². The summed E-state index contributed by atoms with van der Waals surface area (Å²) in [6, 6.07) is 15.5. The maximum Gasteiger partial charge on any atom is 0.153 e. The molecule has 2 heteroatoms. The maximum atomic E-state index is 11.1. The molecule has 0 bridgehead atoms. The van der Waals surface area contributed by atoms with Crippen LogP contribution in [0.2, 0.25) is 0 Å². The van der Waals surface area contributed by atoms with Crippen molar-refractivity contribution in [3.63, 3.8) is 0 Å². The molecule has 0 aliphatic carbocycles. The predicted octanol–water partition coefficient (Wildman–Crippen LogP) is 3.84. The van der Waals surface area contributed by atoms with Crippen molar-refractivity contribution in [2.75, 3.05) is 7.11 Å². The lowest BCUT2D eigenvalue weighted by Gasteiger charge is -2.19. The van der Waals surface area contributed by atoms with Gasteiger partial charge in [0.25, 0.3) is 0 Å². The van der Waals surface area contributed by atoms with Crippen molar-refractivity contribution in [1.82, 2.24) is 0 Å². The van der Waals surface area contributed by atoms with E-state index >= 15 is 0 Å². The van der Waals surface area contributed by atoms with Gasteiger partial charge in [-0.2, -0.15) is 0 Å². The molecule has 0 atom stereocenters. The summed E-state index contributed by atoms with van der Waals surface area (Å²) in [5.41, 5.74) is 2.17. The fourth-order valence-corrected chi connectivity index (χ4v) is 2.04. The molecule has 0 heterocycles. The van der Waals surface area contributed by atoms with Crippen LogP contribution in [0.15, 0.2) is 48.5 Å². The number of hydrogen-bond donors (Lipinski definition) is 0. The summed E-state index contributed by atoms with van der Waals surface area (Å²) in [6.07, 6.45) is 0.809. The standard InChI is InChI=1S/C19H18O2/c1-19(2,12-11-15-7-5-4-6-8-15)17-9-10-18(21-3)16(13-17)14-20/h4-10,13-14H,1-3H3. The molecule has 0 saturated carbocycles. The maximum absolute atomic E-state index is 11.1. The average Bonchev–Trinajstić information content (AvgIpc) is 2.53. The molecule has 0 aliphatic heterocycles. The first kappa shape index (κ1) is 14.9. The fourth-order valence-electron chi connectivity index (χ4n) is 2.04. The van der Waals surface area contributed by atoms with Crippen molar-refractivity contribution in [3.8, 4) is 17.6 Å². The van der Waals surface area contributed by atoms with Crippen LogP contribution in [-0.2, 0) is 5.41 Å². The van der Waals surface area contributed by atoms with Crippen molar-refractivity contribution in [2.24, 2.45) is 0 Å². The highest BCUT2D eigenvalue weighted by atomic mass is 16.5. The molecule has 0 N–H and O–H groups in total. The smallest absolute Gasteiger partial charge is 0.153 e. The first-order valence-electron chi connectivity index (χ1n) is 6.79. The van der Waals surface area contributed by atoms with Gasteiger partial charge in [0.1, 0.15) is 5.75 Å². The number of methoxy groups -OCH3 is 1. The number of benzene rings is 2. The minimum atomic E-state index is -0.347. The van der Waals surface area contributed by atoms with Gasteiger partial charge in [-0.05, 0) is 43.7 Å². The lowest BCUT2D eigenvalue weighted by atomic mass is 9.84. The molecule has 2 rings (SSSR count). The number of ether oxygens (including phenoxy) is 1. The van der Waals surface area contributed by atoms with Gasteiger partial charge in [0.2, 0.25) is 0 Å². The third-order valence-corrected chi connectivity index (χ3v) is 3.37. The summed E-state index contributed by atoms with van der Waals surface area (Å²) in [7, 11) is 1.56. The van der Waals surface area contributed by atoms with Crippen LogP contribution in [0.1, 0.15) is 35.3 Å². The van der Waals surface area contributed by atoms with E-state index < -0.39 is 0 Å². The van der Waals surface area contributed by atoms with E-state index in [1.165, 1.54) is 0 Å². The van der Waals surface area contributed by atoms with Crippen molar-refractivity contribution in [2.45, 2.75) is 19.3 Å². The van der Waals surface area contributed by atoms with Crippen LogP contribution < -0.4 is 4.74 Å². The molecule has 0 unspecified atom stereocenters. The number of rotatable bonds is 3. The van der Waals surface area contributed by atoms with Crippen LogP contribution in [0.5, 0.6) is 5.75 Å². The van der Waals surface area contributed by atoms with E-state index in [2.05, 4.69) is 11.8 Å². The molecule has 2 aromatic carbocycles. The number of hydrogen-bond acceptors (Lipinski definition) is 2. The molecule has 0 fully saturated rings. The summed E-state index contributed by atoms with van der Waals surface area (Å²) in [5, 5.41) is 0. The molecule has 21 heavy (non-hydrogen) atoms. The van der Waals surface area contributed by atoms with Crippen molar-refractivity contribution >= 4 is 6.29 Å². The average molecular weight is 278 g/mol. The fraction of sp³-hybridized carbons (Fsp3) is 0.211. The molecular weight excluding hydrogens is 260 g/mol. The van der Waals surface area contributed by atoms with Crippen LogP contribution in [-0.4, -0.2) is 13.4 Å². The molecule has 0 spiro atoms. The third-order valence-electron chi connectivity index (χ3n) is 3.37. The van der Waals surface area contributed by atoms with E-state index in [-0.39, 0.29) is 5.41 Å². The summed E-state index contributed by atoms with van der Waals surface area (Å²) in [6.45, 7) is 4.08. The minimum Gasteiger partial charge on any atom is -0.496 e. The van der Waals surface area contributed by atoms with Crippen molar-refractivity contribution in [1.29, 1.82) is 0 Å². The Bertz CT molecular complexity index is 688. The van der Waals surface area contributed by atoms with Gasteiger partial charge in [-0.15, -0.1) is 0 Å². The van der Waals surface area contributed by atoms with E-state index in [0.717, 1.165) is 17.4 Å². The van der Waals surface area contributed by atoms with Crippen LogP contribution >= 0.6 is 0 Å². The Hall–Kier alpha value is -2.53. The summed E-state index contributed by atoms with van der Waals surface area (Å²) in [4.78, 5) is 11.1. The van der Waals surface area contributed by atoms with Crippen LogP contribution in [0.4, 0.5) is 0 Å². The molecule has 0 radical (unpaired) electrons. The predicted molar refractivity (Wildman–Crippen MR) is 84.7 cm³/mol. The van der Waals surface area contributed by atoms with Crippen LogP contribution in [0, 0.1) is 11.8 Å². The van der Waals surface area contributed by atoms with Gasteiger partial charge in [0.05, 0.1) is 18.1 Å². The van der Waals surface area contributed by atoms with E-state index in [4.69, 9.17) is 4.74 Å². The second-order valence-corrected chi connectivity index (χ2v) is 5.32. The zero-order valence-corrected chi connectivity index (χ0v) is 12.5. The Balaban J connectivity index is 2.36. The molecule has 0 amide bonds. The topological polar surface area (TPSA) is 26.3 Å². The van der Waals surface area contributed by atoms with Gasteiger partial charge >= 0.3 is 0 Å². The lowest BCUT2D eigenvalue weighted by molar-refractivity contribution is 0.112. The Labute approximate surface area is 125 Å². The highest BCUT2D eigenvalue weighted by Gasteiger charge is 2.19. The van der Waals surface area contributed by atoms with Gasteiger partial charge in [-0.1, -0.05) is 36.1 Å². The largest absolute Gasteiger partial charge is 0.496 e. The van der Waals surface area contributed by atoms with E-state index in [1.807, 2.05) is 62.4 Å². The minimum absolute atomic E-state index is 0.347. The van der Waals surface area contributed by atoms with E-state index in [0.29, 0.717) is 11.3 Å². The second-order valence-electron chi connectivity index (χ2n) is 5.32. The Morgan fingerprint density at radius 3 is 2.43 bits per heavy atom. The quantitative estimate of drug-likeness (QED) is 0.630. The normalized spacial score (nSPS) is 10.4. The summed E-state index contributed by atoms with van der Waals surface area (Å²) < 4.78 is 5.17. The zero-order chi connectivity index (χ0) is 15.3. The molecule has 0 aromatic heterocycles. The van der Waals surface area contributed by atoms with Gasteiger partial charge in [-0.25, -0.2) is 0 Å². The first-order chi connectivity index (χ1) is 10.1. The highest BCUT2D eigenvalue weighted by Crippen LogP contribution is 2.27. The number of carbonyl (C=O) groups excluding carboxylic acids is 1. The Kier molecular flexibility index (Phi) is 4.45. The van der Waals surface area contributed by atoms with Crippen LogP contribution in [0.3, 0.4) is 0 Å². The Morgan fingerprint density at radius 1 is 1.10 bits per heavy atom. The van der Waals surface area contributed by atoms with E-state index in [1.54, 1.807) is 7.11 Å². The third kappa shape index (κ3) is 3.52. The molecule has 106 valence electrons. The SMILES string of the molecule is COc1ccc(C(C)(C)C#Cc2ccccc2)cc1C=O. The number of carbonyl (C=O) groups is 1. The molecule has 2 aromatic rings. The molecule has 2 nitrogen and oxygen atoms in total. The van der Waals surface area contributed by atoms with Gasteiger partial charge in [0, 0.05) is 5.56 Å². The van der Waals surface area contributed by atoms with Crippen LogP contribution in [0.25, 0.3) is 0 Å². The Morgan fingerprint density at radius 2 is 1.81 bits per heavy atom. The molecule has 0 aliphatic rings. The van der Waals surface area contributed by atoms with Crippen molar-refractivity contribution < 1.29 is 9.53 Å². The van der Waals surface area contributed by atoms with Gasteiger partial charge in [-0.3, -0.25) is 4.79 Å². The highest BCUT2D eigenvalue weighted by molar-refractivity contribution is 5.80. The van der Waals surface area contributed by atoms with E-state index in [9.17, 15) is 4.79 Å². The monoisotopic (exact) mass is 278 g/mol. The summed E-state index contributed by atoms with van der Waals surface area (Å²) in [5.74, 6) is 7.04. The second kappa shape index (κ2) is 6.28. The molecular formula is C19H18O2.